The highest BCUT2D eigenvalue weighted by Crippen LogP contribution is 2.29. The molecule has 0 unspecified atom stereocenters. The summed E-state index contributed by atoms with van der Waals surface area (Å²) in [6, 6.07) is 5.64. The smallest absolute Gasteiger partial charge is 0.193 e. The molecular weight excluding hydrogens is 278 g/mol. The predicted molar refractivity (Wildman–Crippen MR) is 93.0 cm³/mol. The van der Waals surface area contributed by atoms with Crippen molar-refractivity contribution in [2.75, 3.05) is 25.1 Å². The summed E-state index contributed by atoms with van der Waals surface area (Å²) >= 11 is 0. The minimum absolute atomic E-state index is 0.401. The second-order valence-electron chi connectivity index (χ2n) is 5.45. The van der Waals surface area contributed by atoms with Crippen LogP contribution in [-0.2, 0) is 0 Å². The lowest BCUT2D eigenvalue weighted by Crippen LogP contribution is -2.23. The summed E-state index contributed by atoms with van der Waals surface area (Å²) in [5, 5.41) is 3.11. The maximum absolute atomic E-state index is 5.95. The van der Waals surface area contributed by atoms with Gasteiger partial charge in [0.15, 0.2) is 5.96 Å². The minimum atomic E-state index is 0.401. The number of hydrogen-bond acceptors (Lipinski definition) is 3. The van der Waals surface area contributed by atoms with Crippen molar-refractivity contribution in [2.24, 2.45) is 16.6 Å². The lowest BCUT2D eigenvalue weighted by atomic mass is 10.1. The van der Waals surface area contributed by atoms with Gasteiger partial charge in [-0.3, -0.25) is 4.99 Å². The topological polar surface area (TPSA) is 68.9 Å². The summed E-state index contributed by atoms with van der Waals surface area (Å²) in [6.45, 7) is 10.3. The maximum atomic E-state index is 5.95. The first-order valence-electron chi connectivity index (χ1n) is 8.03. The van der Waals surface area contributed by atoms with Crippen LogP contribution in [0.3, 0.4) is 0 Å². The Bertz CT molecular complexity index is 473. The fourth-order valence-corrected chi connectivity index (χ4v) is 2.02. The fraction of sp³-hybridized carbons (Fsp3) is 0.588. The Morgan fingerprint density at radius 3 is 2.59 bits per heavy atom. The van der Waals surface area contributed by atoms with Gasteiger partial charge in [-0.2, -0.15) is 0 Å². The van der Waals surface area contributed by atoms with E-state index in [0.29, 0.717) is 25.1 Å². The first kappa shape index (κ1) is 18.1. The molecule has 1 aromatic rings. The van der Waals surface area contributed by atoms with Gasteiger partial charge in [-0.1, -0.05) is 13.8 Å². The van der Waals surface area contributed by atoms with E-state index in [0.717, 1.165) is 36.6 Å². The third kappa shape index (κ3) is 6.70. The Hall–Kier alpha value is -1.91. The molecule has 0 spiro atoms. The molecule has 0 aliphatic heterocycles. The summed E-state index contributed by atoms with van der Waals surface area (Å²) in [5.41, 5.74) is 6.73. The van der Waals surface area contributed by atoms with Crippen molar-refractivity contribution in [3.63, 3.8) is 0 Å². The third-order valence-electron chi connectivity index (χ3n) is 3.05. The van der Waals surface area contributed by atoms with Crippen LogP contribution >= 0.6 is 0 Å². The van der Waals surface area contributed by atoms with Crippen molar-refractivity contribution >= 4 is 11.6 Å². The number of aliphatic imine (C=N–C) groups is 1. The summed E-state index contributed by atoms with van der Waals surface area (Å²) in [4.78, 5) is 4.36. The molecule has 124 valence electrons. The Morgan fingerprint density at radius 2 is 1.95 bits per heavy atom. The average Bonchev–Trinajstić information content (AvgIpc) is 2.46. The van der Waals surface area contributed by atoms with E-state index in [2.05, 4.69) is 24.2 Å². The highest BCUT2D eigenvalue weighted by Gasteiger charge is 2.07. The quantitative estimate of drug-likeness (QED) is 0.415. The van der Waals surface area contributed by atoms with E-state index in [1.54, 1.807) is 0 Å². The maximum Gasteiger partial charge on any atom is 0.193 e. The summed E-state index contributed by atoms with van der Waals surface area (Å²) in [7, 11) is 0. The van der Waals surface area contributed by atoms with Gasteiger partial charge in [0.2, 0.25) is 0 Å². The highest BCUT2D eigenvalue weighted by atomic mass is 16.5. The summed E-state index contributed by atoms with van der Waals surface area (Å²) in [5.74, 6) is 2.61. The van der Waals surface area contributed by atoms with Crippen molar-refractivity contribution in [3.8, 4) is 11.5 Å². The largest absolute Gasteiger partial charge is 0.494 e. The van der Waals surface area contributed by atoms with Crippen LogP contribution in [-0.4, -0.2) is 25.7 Å². The lowest BCUT2D eigenvalue weighted by molar-refractivity contribution is 0.332. The van der Waals surface area contributed by atoms with Gasteiger partial charge in [0, 0.05) is 12.6 Å². The monoisotopic (exact) mass is 307 g/mol. The fourth-order valence-electron chi connectivity index (χ4n) is 2.02. The van der Waals surface area contributed by atoms with Gasteiger partial charge in [0.05, 0.1) is 18.9 Å². The van der Waals surface area contributed by atoms with Crippen LogP contribution in [0.15, 0.2) is 23.2 Å². The van der Waals surface area contributed by atoms with E-state index in [4.69, 9.17) is 15.2 Å². The predicted octanol–water partition coefficient (Wildman–Crippen LogP) is 3.65. The van der Waals surface area contributed by atoms with Gasteiger partial charge >= 0.3 is 0 Å². The molecule has 0 saturated heterocycles. The molecule has 1 rings (SSSR count). The van der Waals surface area contributed by atoms with Gasteiger partial charge < -0.3 is 20.5 Å². The molecule has 0 bridgehead atoms. The van der Waals surface area contributed by atoms with Gasteiger partial charge in [-0.15, -0.1) is 0 Å². The third-order valence-corrected chi connectivity index (χ3v) is 3.05. The van der Waals surface area contributed by atoms with Gasteiger partial charge in [-0.05, 0) is 44.7 Å². The first-order chi connectivity index (χ1) is 10.6. The molecule has 1 aromatic carbocycles. The van der Waals surface area contributed by atoms with Gasteiger partial charge in [0.25, 0.3) is 0 Å². The number of rotatable bonds is 9. The molecule has 0 aromatic heterocycles. The van der Waals surface area contributed by atoms with Crippen LogP contribution in [0.25, 0.3) is 0 Å². The number of nitrogens with zero attached hydrogens (tertiary/aromatic N) is 1. The van der Waals surface area contributed by atoms with E-state index in [-0.39, 0.29) is 0 Å². The van der Waals surface area contributed by atoms with E-state index in [1.807, 2.05) is 32.0 Å². The second kappa shape index (κ2) is 9.92. The molecule has 3 N–H and O–H groups in total. The van der Waals surface area contributed by atoms with Crippen LogP contribution in [0.2, 0.25) is 0 Å². The number of benzene rings is 1. The SMILES string of the molecule is CCOc1ccc(OCC)c(NC(N)=NCCCC(C)C)c1. The Kier molecular flexibility index (Phi) is 8.18. The number of ether oxygens (including phenoxy) is 2. The average molecular weight is 307 g/mol. The van der Waals surface area contributed by atoms with E-state index < -0.39 is 0 Å². The number of anilines is 1. The molecule has 0 aliphatic rings. The zero-order valence-corrected chi connectivity index (χ0v) is 14.2. The molecule has 0 saturated carbocycles. The van der Waals surface area contributed by atoms with Crippen LogP contribution in [0, 0.1) is 5.92 Å². The van der Waals surface area contributed by atoms with Crippen LogP contribution in [0.1, 0.15) is 40.5 Å². The minimum Gasteiger partial charge on any atom is -0.494 e. The van der Waals surface area contributed by atoms with Gasteiger partial charge in [-0.25, -0.2) is 0 Å². The zero-order valence-electron chi connectivity index (χ0n) is 14.2. The first-order valence-corrected chi connectivity index (χ1v) is 8.03. The van der Waals surface area contributed by atoms with Crippen molar-refractivity contribution in [1.29, 1.82) is 0 Å². The summed E-state index contributed by atoms with van der Waals surface area (Å²) in [6.07, 6.45) is 2.19. The van der Waals surface area contributed by atoms with Crippen LogP contribution in [0.5, 0.6) is 11.5 Å². The molecular formula is C17H29N3O2. The van der Waals surface area contributed by atoms with Gasteiger partial charge in [0.1, 0.15) is 11.5 Å². The Morgan fingerprint density at radius 1 is 1.23 bits per heavy atom. The highest BCUT2D eigenvalue weighted by molar-refractivity contribution is 5.94. The molecule has 0 heterocycles. The molecule has 5 heteroatoms. The molecule has 0 radical (unpaired) electrons. The Labute approximate surface area is 133 Å². The molecule has 5 nitrogen and oxygen atoms in total. The normalized spacial score (nSPS) is 11.6. The van der Waals surface area contributed by atoms with Crippen molar-refractivity contribution in [1.82, 2.24) is 0 Å². The lowest BCUT2D eigenvalue weighted by Gasteiger charge is -2.14. The molecule has 0 atom stereocenters. The van der Waals surface area contributed by atoms with Crippen molar-refractivity contribution in [2.45, 2.75) is 40.5 Å². The van der Waals surface area contributed by atoms with Crippen LogP contribution in [0.4, 0.5) is 5.69 Å². The Balaban J connectivity index is 2.71. The van der Waals surface area contributed by atoms with E-state index in [9.17, 15) is 0 Å². The zero-order chi connectivity index (χ0) is 16.4. The molecule has 0 fully saturated rings. The van der Waals surface area contributed by atoms with E-state index >= 15 is 0 Å². The number of nitrogens with two attached hydrogens (primary N) is 1. The number of hydrogen-bond donors (Lipinski definition) is 2. The van der Waals surface area contributed by atoms with Crippen molar-refractivity contribution < 1.29 is 9.47 Å². The second-order valence-corrected chi connectivity index (χ2v) is 5.45. The number of nitrogens with one attached hydrogen (secondary N) is 1. The standard InChI is InChI=1S/C17H29N3O2/c1-5-21-14-9-10-16(22-6-2)15(12-14)20-17(18)19-11-7-8-13(3)4/h9-10,12-13H,5-8,11H2,1-4H3,(H3,18,19,20). The van der Waals surface area contributed by atoms with Crippen LogP contribution < -0.4 is 20.5 Å². The summed E-state index contributed by atoms with van der Waals surface area (Å²) < 4.78 is 11.1. The molecule has 0 amide bonds. The molecule has 0 aliphatic carbocycles. The van der Waals surface area contributed by atoms with Crippen molar-refractivity contribution in [3.05, 3.63) is 18.2 Å². The van der Waals surface area contributed by atoms with E-state index in [1.165, 1.54) is 0 Å². The molecule has 22 heavy (non-hydrogen) atoms. The number of guanidine groups is 1.